The van der Waals surface area contributed by atoms with Crippen molar-refractivity contribution < 1.29 is 19.1 Å². The highest BCUT2D eigenvalue weighted by atomic mass is 79.9. The molecule has 0 bridgehead atoms. The molecule has 0 saturated heterocycles. The van der Waals surface area contributed by atoms with Gasteiger partial charge in [0.05, 0.1) is 30.1 Å². The third-order valence-electron chi connectivity index (χ3n) is 3.34. The summed E-state index contributed by atoms with van der Waals surface area (Å²) in [6.45, 7) is 2.25. The molecule has 25 heavy (non-hydrogen) atoms. The quantitative estimate of drug-likeness (QED) is 0.712. The van der Waals surface area contributed by atoms with Gasteiger partial charge in [-0.05, 0) is 45.8 Å². The van der Waals surface area contributed by atoms with E-state index >= 15 is 0 Å². The zero-order valence-corrected chi connectivity index (χ0v) is 16.5. The summed E-state index contributed by atoms with van der Waals surface area (Å²) in [6, 6.07) is 7.28. The van der Waals surface area contributed by atoms with Crippen molar-refractivity contribution in [2.24, 2.45) is 0 Å². The van der Waals surface area contributed by atoms with Gasteiger partial charge in [0.1, 0.15) is 0 Å². The number of benzene rings is 1. The van der Waals surface area contributed by atoms with Crippen LogP contribution in [0.1, 0.15) is 27.0 Å². The van der Waals surface area contributed by atoms with Gasteiger partial charge in [-0.1, -0.05) is 0 Å². The predicted molar refractivity (Wildman–Crippen MR) is 100 cm³/mol. The van der Waals surface area contributed by atoms with Crippen LogP contribution in [0.4, 0.5) is 0 Å². The normalized spacial score (nSPS) is 10.2. The van der Waals surface area contributed by atoms with Gasteiger partial charge >= 0.3 is 0 Å². The topological polar surface area (TPSA) is 76.7 Å². The lowest BCUT2D eigenvalue weighted by Crippen LogP contribution is -2.21. The van der Waals surface area contributed by atoms with E-state index in [1.165, 1.54) is 18.3 Å². The minimum absolute atomic E-state index is 0.0987. The van der Waals surface area contributed by atoms with E-state index < -0.39 is 0 Å². The van der Waals surface area contributed by atoms with Crippen LogP contribution in [0, 0.1) is 0 Å². The molecule has 0 unspecified atom stereocenters. The maximum absolute atomic E-state index is 12.3. The number of carbonyl (C=O) groups excluding carboxylic acids is 2. The summed E-state index contributed by atoms with van der Waals surface area (Å²) in [7, 11) is 3.13. The molecule has 0 aliphatic heterocycles. The number of nitrogens with one attached hydrogen (secondary N) is 2. The Bertz CT molecular complexity index is 776. The van der Waals surface area contributed by atoms with Gasteiger partial charge < -0.3 is 20.1 Å². The highest BCUT2D eigenvalue weighted by molar-refractivity contribution is 9.10. The zero-order chi connectivity index (χ0) is 18.4. The van der Waals surface area contributed by atoms with Crippen LogP contribution in [0.3, 0.4) is 0 Å². The van der Waals surface area contributed by atoms with Crippen molar-refractivity contribution in [3.63, 3.8) is 0 Å². The first kappa shape index (κ1) is 19.3. The number of hydrogen-bond donors (Lipinski definition) is 2. The van der Waals surface area contributed by atoms with Crippen molar-refractivity contribution in [3.8, 4) is 11.5 Å². The first-order valence-electron chi connectivity index (χ1n) is 7.46. The van der Waals surface area contributed by atoms with Crippen LogP contribution in [-0.4, -0.2) is 26.0 Å². The van der Waals surface area contributed by atoms with E-state index in [0.717, 1.165) is 14.9 Å². The molecule has 0 saturated carbocycles. The molecular formula is C17H19BrN2O4S. The Morgan fingerprint density at radius 1 is 1.12 bits per heavy atom. The Morgan fingerprint density at radius 2 is 1.88 bits per heavy atom. The second-order valence-electron chi connectivity index (χ2n) is 5.17. The van der Waals surface area contributed by atoms with Crippen LogP contribution in [0.5, 0.6) is 11.5 Å². The number of hydrogen-bond acceptors (Lipinski definition) is 5. The zero-order valence-electron chi connectivity index (χ0n) is 14.1. The molecular weight excluding hydrogens is 408 g/mol. The van der Waals surface area contributed by atoms with Gasteiger partial charge in [-0.3, -0.25) is 9.59 Å². The van der Waals surface area contributed by atoms with Crippen molar-refractivity contribution >= 4 is 39.1 Å². The molecule has 2 amide bonds. The number of amides is 2. The fourth-order valence-corrected chi connectivity index (χ4v) is 3.66. The third kappa shape index (κ3) is 5.20. The van der Waals surface area contributed by atoms with Crippen LogP contribution < -0.4 is 20.1 Å². The molecule has 0 atom stereocenters. The average Bonchev–Trinajstić information content (AvgIpc) is 3.06. The van der Waals surface area contributed by atoms with Gasteiger partial charge in [-0.25, -0.2) is 0 Å². The number of thiophene rings is 1. The second kappa shape index (κ2) is 8.87. The minimum atomic E-state index is -0.162. The third-order valence-corrected chi connectivity index (χ3v) is 5.02. The molecule has 1 aromatic heterocycles. The van der Waals surface area contributed by atoms with Crippen molar-refractivity contribution in [2.75, 3.05) is 14.2 Å². The fourth-order valence-electron chi connectivity index (χ4n) is 2.15. The molecule has 2 N–H and O–H groups in total. The Balaban J connectivity index is 2.00. The van der Waals surface area contributed by atoms with Crippen molar-refractivity contribution in [1.29, 1.82) is 0 Å². The Kier molecular flexibility index (Phi) is 6.83. The molecule has 1 aromatic carbocycles. The molecule has 0 radical (unpaired) electrons. The highest BCUT2D eigenvalue weighted by Gasteiger charge is 2.13. The maximum atomic E-state index is 12.3. The first-order chi connectivity index (χ1) is 11.9. The van der Waals surface area contributed by atoms with Gasteiger partial charge in [0.15, 0.2) is 11.5 Å². The molecule has 0 aliphatic rings. The van der Waals surface area contributed by atoms with E-state index in [0.29, 0.717) is 29.5 Å². The van der Waals surface area contributed by atoms with E-state index in [1.54, 1.807) is 20.3 Å². The maximum Gasteiger partial charge on any atom is 0.261 e. The molecule has 6 nitrogen and oxygen atoms in total. The Labute approximate surface area is 158 Å². The molecule has 2 aromatic rings. The Morgan fingerprint density at radius 3 is 2.52 bits per heavy atom. The molecule has 134 valence electrons. The van der Waals surface area contributed by atoms with Crippen molar-refractivity contribution in [3.05, 3.63) is 44.1 Å². The average molecular weight is 427 g/mol. The van der Waals surface area contributed by atoms with E-state index in [2.05, 4.69) is 26.6 Å². The lowest BCUT2D eigenvalue weighted by molar-refractivity contribution is -0.119. The summed E-state index contributed by atoms with van der Waals surface area (Å²) in [5.41, 5.74) is 0.882. The summed E-state index contributed by atoms with van der Waals surface area (Å²) >= 11 is 4.79. The predicted octanol–water partition coefficient (Wildman–Crippen LogP) is 3.09. The van der Waals surface area contributed by atoms with E-state index in [9.17, 15) is 9.59 Å². The summed E-state index contributed by atoms with van der Waals surface area (Å²) < 4.78 is 11.3. The number of halogens is 1. The van der Waals surface area contributed by atoms with Crippen LogP contribution in [0.15, 0.2) is 28.7 Å². The lowest BCUT2D eigenvalue weighted by atomic mass is 10.2. The Hall–Kier alpha value is -2.06. The van der Waals surface area contributed by atoms with Crippen LogP contribution in [0.25, 0.3) is 0 Å². The van der Waals surface area contributed by atoms with E-state index in [-0.39, 0.29) is 11.8 Å². The van der Waals surface area contributed by atoms with Crippen LogP contribution in [0.2, 0.25) is 0 Å². The van der Waals surface area contributed by atoms with Gasteiger partial charge in [-0.15, -0.1) is 11.3 Å². The molecule has 2 rings (SSSR count). The summed E-state index contributed by atoms with van der Waals surface area (Å²) in [5, 5.41) is 5.59. The summed E-state index contributed by atoms with van der Waals surface area (Å²) in [4.78, 5) is 24.7. The largest absolute Gasteiger partial charge is 0.493 e. The molecule has 8 heteroatoms. The van der Waals surface area contributed by atoms with Gasteiger partial charge in [0.25, 0.3) is 5.91 Å². The molecule has 0 spiro atoms. The fraction of sp³-hybridized carbons (Fsp3) is 0.294. The monoisotopic (exact) mass is 426 g/mol. The van der Waals surface area contributed by atoms with Crippen molar-refractivity contribution in [1.82, 2.24) is 10.6 Å². The molecule has 0 fully saturated rings. The second-order valence-corrected chi connectivity index (χ2v) is 7.19. The summed E-state index contributed by atoms with van der Waals surface area (Å²) in [6.07, 6.45) is 0. The smallest absolute Gasteiger partial charge is 0.261 e. The number of rotatable bonds is 7. The minimum Gasteiger partial charge on any atom is -0.493 e. The lowest BCUT2D eigenvalue weighted by Gasteiger charge is -2.12. The standard InChI is InChI=1S/C17H19BrN2O4S/c1-10(21)19-9-12-4-5-15(25-12)17(22)20-8-11-6-13(18)16(24-3)14(7-11)23-2/h4-7H,8-9H2,1-3H3,(H,19,21)(H,20,22). The SMILES string of the molecule is COc1cc(CNC(=O)c2ccc(CNC(C)=O)s2)cc(Br)c1OC. The number of ether oxygens (including phenoxy) is 2. The highest BCUT2D eigenvalue weighted by Crippen LogP contribution is 2.36. The number of methoxy groups -OCH3 is 2. The number of carbonyl (C=O) groups is 2. The van der Waals surface area contributed by atoms with Gasteiger partial charge in [0, 0.05) is 18.3 Å². The van der Waals surface area contributed by atoms with E-state index in [4.69, 9.17) is 9.47 Å². The first-order valence-corrected chi connectivity index (χ1v) is 9.07. The van der Waals surface area contributed by atoms with Crippen LogP contribution >= 0.6 is 27.3 Å². The van der Waals surface area contributed by atoms with Crippen LogP contribution in [-0.2, 0) is 17.9 Å². The van der Waals surface area contributed by atoms with Gasteiger partial charge in [-0.2, -0.15) is 0 Å². The van der Waals surface area contributed by atoms with Gasteiger partial charge in [0.2, 0.25) is 5.91 Å². The molecule has 1 heterocycles. The molecule has 0 aliphatic carbocycles. The van der Waals surface area contributed by atoms with Crippen molar-refractivity contribution in [2.45, 2.75) is 20.0 Å². The van der Waals surface area contributed by atoms with E-state index in [1.807, 2.05) is 18.2 Å². The summed E-state index contributed by atoms with van der Waals surface area (Å²) in [5.74, 6) is 0.941.